The minimum absolute atomic E-state index is 0.0682. The van der Waals surface area contributed by atoms with Crippen molar-refractivity contribution in [2.24, 2.45) is 10.9 Å². The summed E-state index contributed by atoms with van der Waals surface area (Å²) in [6.45, 7) is 2.99. The van der Waals surface area contributed by atoms with Gasteiger partial charge in [-0.05, 0) is 13.8 Å². The molecule has 1 fully saturated rings. The molecule has 2 unspecified atom stereocenters. The lowest BCUT2D eigenvalue weighted by atomic mass is 9.94. The van der Waals surface area contributed by atoms with Crippen molar-refractivity contribution >= 4 is 50.3 Å². The second kappa shape index (κ2) is 10.1. The van der Waals surface area contributed by atoms with E-state index in [1.807, 2.05) is 0 Å². The lowest BCUT2D eigenvalue weighted by Crippen LogP contribution is -2.73. The highest BCUT2D eigenvalue weighted by Crippen LogP contribution is 2.27. The van der Waals surface area contributed by atoms with Crippen molar-refractivity contribution < 1.29 is 37.3 Å². The van der Waals surface area contributed by atoms with Crippen molar-refractivity contribution in [2.75, 3.05) is 12.3 Å². The summed E-state index contributed by atoms with van der Waals surface area (Å²) in [5.74, 6) is -3.52. The van der Waals surface area contributed by atoms with Crippen molar-refractivity contribution in [2.45, 2.75) is 44.5 Å². The Morgan fingerprint density at radius 2 is 2.08 bits per heavy atom. The topological polar surface area (TPSA) is 258 Å². The largest absolute Gasteiger partial charge is 0.478 e. The van der Waals surface area contributed by atoms with Gasteiger partial charge in [-0.15, -0.1) is 16.4 Å². The number of β-lactam (4-membered cyclic amide) rings is 1. The Kier molecular flexibility index (Phi) is 7.57. The van der Waals surface area contributed by atoms with Gasteiger partial charge in [-0.25, -0.2) is 14.1 Å². The summed E-state index contributed by atoms with van der Waals surface area (Å²) < 4.78 is 34.6. The molecule has 2 atom stereocenters. The lowest BCUT2D eigenvalue weighted by Gasteiger charge is -2.43. The Labute approximate surface area is 208 Å². The minimum Gasteiger partial charge on any atom is -0.478 e. The first-order chi connectivity index (χ1) is 16.7. The fourth-order valence-electron chi connectivity index (χ4n) is 3.06. The lowest BCUT2D eigenvalue weighted by molar-refractivity contribution is -0.161. The van der Waals surface area contributed by atoms with Crippen molar-refractivity contribution in [3.8, 4) is 0 Å². The number of nitrogens with two attached hydrogens (primary N) is 2. The number of aromatic nitrogens is 4. The van der Waals surface area contributed by atoms with E-state index < -0.39 is 51.5 Å². The zero-order valence-corrected chi connectivity index (χ0v) is 20.6. The predicted molar refractivity (Wildman–Crippen MR) is 123 cm³/mol. The highest BCUT2D eigenvalue weighted by molar-refractivity contribution is 7.84. The van der Waals surface area contributed by atoms with Crippen LogP contribution in [0.15, 0.2) is 16.7 Å². The van der Waals surface area contributed by atoms with Crippen LogP contribution < -0.4 is 16.8 Å². The zero-order chi connectivity index (χ0) is 26.8. The number of carbonyl (C=O) groups excluding carboxylic acids is 2. The standard InChI is InChI=1S/C17H23N9O8S2/c1-17(2,15(29)30)34-23-11(9-7-35-16(19)20-9)13(27)21-12-10(26(14(12)28)36(31,32)33)5-8-6-25(4-3-18)24-22-8/h6-7,10,12H,3-5,18H2,1-2H3,(H2,19,20)(H,21,27)(H,29,30)(H,31,32,33)/b23-11-. The zero-order valence-electron chi connectivity index (χ0n) is 18.9. The van der Waals surface area contributed by atoms with Gasteiger partial charge in [0.2, 0.25) is 5.60 Å². The van der Waals surface area contributed by atoms with Gasteiger partial charge in [-0.3, -0.25) is 18.8 Å². The van der Waals surface area contributed by atoms with Crippen LogP contribution in [0.3, 0.4) is 0 Å². The first-order valence-electron chi connectivity index (χ1n) is 10.2. The van der Waals surface area contributed by atoms with Crippen molar-refractivity contribution in [3.63, 3.8) is 0 Å². The van der Waals surface area contributed by atoms with E-state index in [0.29, 0.717) is 6.54 Å². The number of aliphatic carboxylic acids is 1. The van der Waals surface area contributed by atoms with Gasteiger partial charge >= 0.3 is 16.3 Å². The van der Waals surface area contributed by atoms with E-state index in [2.05, 4.69) is 25.8 Å². The van der Waals surface area contributed by atoms with Crippen molar-refractivity contribution in [1.29, 1.82) is 0 Å². The number of nitrogens with one attached hydrogen (secondary N) is 1. The molecular weight excluding hydrogens is 522 g/mol. The third-order valence-electron chi connectivity index (χ3n) is 4.93. The molecule has 2 aromatic rings. The molecule has 36 heavy (non-hydrogen) atoms. The van der Waals surface area contributed by atoms with Gasteiger partial charge in [0.25, 0.3) is 11.8 Å². The molecule has 19 heteroatoms. The second-order valence-corrected chi connectivity index (χ2v) is 10.2. The van der Waals surface area contributed by atoms with Crippen LogP contribution in [0.5, 0.6) is 0 Å². The Morgan fingerprint density at radius 3 is 2.64 bits per heavy atom. The number of hydrogen-bond acceptors (Lipinski definition) is 13. The quantitative estimate of drug-likeness (QED) is 0.0854. The number of carboxylic acids is 1. The van der Waals surface area contributed by atoms with Gasteiger partial charge in [0.1, 0.15) is 11.7 Å². The molecule has 1 saturated heterocycles. The third-order valence-corrected chi connectivity index (χ3v) is 6.55. The van der Waals surface area contributed by atoms with Crippen molar-refractivity contribution in [3.05, 3.63) is 23.0 Å². The molecule has 2 amide bonds. The molecular formula is C17H23N9O8S2. The van der Waals surface area contributed by atoms with Crippen LogP contribution in [-0.2, 0) is 42.5 Å². The molecule has 3 rings (SSSR count). The number of thiazole rings is 1. The Hall–Kier alpha value is -3.68. The first kappa shape index (κ1) is 26.9. The Bertz CT molecular complexity index is 1300. The number of oxime groups is 1. The number of carbonyl (C=O) groups is 3. The molecule has 7 N–H and O–H groups in total. The van der Waals surface area contributed by atoms with E-state index in [0.717, 1.165) is 11.3 Å². The second-order valence-electron chi connectivity index (χ2n) is 8.01. The molecule has 196 valence electrons. The van der Waals surface area contributed by atoms with Gasteiger partial charge in [0.15, 0.2) is 10.8 Å². The number of carboxylic acid groups (broad SMARTS) is 1. The fraction of sp³-hybridized carbons (Fsp3) is 0.471. The summed E-state index contributed by atoms with van der Waals surface area (Å²) in [6, 6.07) is -2.68. The van der Waals surface area contributed by atoms with Crippen LogP contribution in [0.4, 0.5) is 5.13 Å². The summed E-state index contributed by atoms with van der Waals surface area (Å²) in [6.07, 6.45) is 1.28. The molecule has 0 saturated carbocycles. The van der Waals surface area contributed by atoms with Crippen LogP contribution >= 0.6 is 11.3 Å². The average molecular weight is 546 g/mol. The summed E-state index contributed by atoms with van der Waals surface area (Å²) in [7, 11) is -4.95. The Balaban J connectivity index is 1.88. The normalized spacial score (nSPS) is 18.6. The monoisotopic (exact) mass is 545 g/mol. The van der Waals surface area contributed by atoms with Crippen LogP contribution in [0.25, 0.3) is 0 Å². The fourth-order valence-corrected chi connectivity index (χ4v) is 4.49. The molecule has 0 radical (unpaired) electrons. The number of nitrogen functional groups attached to an aromatic ring is 1. The van der Waals surface area contributed by atoms with Crippen LogP contribution in [0, 0.1) is 0 Å². The van der Waals surface area contributed by atoms with Crippen molar-refractivity contribution in [1.82, 2.24) is 29.6 Å². The van der Waals surface area contributed by atoms with E-state index in [1.54, 1.807) is 0 Å². The molecule has 0 bridgehead atoms. The summed E-state index contributed by atoms with van der Waals surface area (Å²) in [5.41, 5.74) is 8.93. The SMILES string of the molecule is CC(C)(O/N=C(\C(=O)NC1C(=O)N(S(=O)(=O)O)C1Cc1cn(CCN)nn1)c1csc(N)n1)C(=O)O. The summed E-state index contributed by atoms with van der Waals surface area (Å²) >= 11 is 0.961. The summed E-state index contributed by atoms with van der Waals surface area (Å²) in [4.78, 5) is 45.9. The van der Waals surface area contributed by atoms with Crippen LogP contribution in [0.2, 0.25) is 0 Å². The number of rotatable bonds is 11. The predicted octanol–water partition coefficient (Wildman–Crippen LogP) is -2.40. The average Bonchev–Trinajstić information content (AvgIpc) is 3.39. The van der Waals surface area contributed by atoms with Gasteiger partial charge in [-0.2, -0.15) is 8.42 Å². The minimum atomic E-state index is -4.95. The molecule has 0 aliphatic carbocycles. The molecule has 1 aliphatic rings. The Morgan fingerprint density at radius 1 is 1.39 bits per heavy atom. The van der Waals surface area contributed by atoms with Crippen LogP contribution in [-0.4, -0.2) is 90.1 Å². The van der Waals surface area contributed by atoms with Gasteiger partial charge < -0.3 is 26.7 Å². The van der Waals surface area contributed by atoms with Crippen LogP contribution in [0.1, 0.15) is 25.2 Å². The third kappa shape index (κ3) is 5.75. The molecule has 17 nitrogen and oxygen atoms in total. The number of hydrogen-bond donors (Lipinski definition) is 5. The molecule has 0 aromatic carbocycles. The highest BCUT2D eigenvalue weighted by Gasteiger charge is 2.54. The van der Waals surface area contributed by atoms with Gasteiger partial charge in [-0.1, -0.05) is 10.4 Å². The maximum Gasteiger partial charge on any atom is 0.362 e. The van der Waals surface area contributed by atoms with E-state index in [-0.39, 0.29) is 33.8 Å². The van der Waals surface area contributed by atoms with E-state index >= 15 is 0 Å². The smallest absolute Gasteiger partial charge is 0.362 e. The van der Waals surface area contributed by atoms with Gasteiger partial charge in [0.05, 0.1) is 18.3 Å². The first-order valence-corrected chi connectivity index (χ1v) is 12.4. The summed E-state index contributed by atoms with van der Waals surface area (Å²) in [5, 5.41) is 24.3. The maximum absolute atomic E-state index is 13.1. The van der Waals surface area contributed by atoms with Gasteiger partial charge in [0, 0.05) is 24.5 Å². The van der Waals surface area contributed by atoms with E-state index in [4.69, 9.17) is 16.3 Å². The maximum atomic E-state index is 13.1. The van der Waals surface area contributed by atoms with E-state index in [1.165, 1.54) is 30.1 Å². The number of anilines is 1. The molecule has 2 aromatic heterocycles. The molecule has 0 spiro atoms. The van der Waals surface area contributed by atoms with E-state index in [9.17, 15) is 32.5 Å². The highest BCUT2D eigenvalue weighted by atomic mass is 32.2. The molecule has 1 aliphatic heterocycles. The number of nitrogens with zero attached hydrogens (tertiary/aromatic N) is 6. The molecule has 3 heterocycles. The number of amides is 2.